The molecule has 0 spiro atoms. The van der Waals surface area contributed by atoms with E-state index in [4.69, 9.17) is 9.47 Å². The number of hydrogen-bond donors (Lipinski definition) is 1. The van der Waals surface area contributed by atoms with E-state index in [-0.39, 0.29) is 6.04 Å². The minimum atomic E-state index is 0.0260. The minimum absolute atomic E-state index is 0.0260. The molecular formula is C26H29N5O2. The Bertz CT molecular complexity index is 1250. The zero-order valence-electron chi connectivity index (χ0n) is 19.7. The maximum atomic E-state index is 5.93. The van der Waals surface area contributed by atoms with Crippen molar-refractivity contribution in [3.8, 4) is 22.8 Å². The maximum Gasteiger partial charge on any atom is 0.132 e. The van der Waals surface area contributed by atoms with Crippen molar-refractivity contribution in [2.75, 3.05) is 12.4 Å². The summed E-state index contributed by atoms with van der Waals surface area (Å²) in [7, 11) is 3.58. The number of methoxy groups -OCH3 is 1. The highest BCUT2D eigenvalue weighted by Gasteiger charge is 2.11. The van der Waals surface area contributed by atoms with Crippen LogP contribution in [-0.4, -0.2) is 26.9 Å². The number of aryl methyl sites for hydroxylation is 3. The quantitative estimate of drug-likeness (QED) is 0.401. The van der Waals surface area contributed by atoms with Gasteiger partial charge in [-0.1, -0.05) is 24.3 Å². The molecule has 0 aliphatic rings. The van der Waals surface area contributed by atoms with E-state index in [1.54, 1.807) is 11.8 Å². The highest BCUT2D eigenvalue weighted by Crippen LogP contribution is 2.28. The van der Waals surface area contributed by atoms with Gasteiger partial charge in [-0.25, -0.2) is 9.97 Å². The molecular weight excluding hydrogens is 414 g/mol. The van der Waals surface area contributed by atoms with Crippen molar-refractivity contribution in [3.05, 3.63) is 83.4 Å². The first-order valence-corrected chi connectivity index (χ1v) is 10.9. The number of ether oxygens (including phenoxy) is 2. The molecule has 0 aliphatic heterocycles. The Morgan fingerprint density at radius 3 is 2.64 bits per heavy atom. The molecule has 1 unspecified atom stereocenters. The summed E-state index contributed by atoms with van der Waals surface area (Å²) < 4.78 is 13.2. The van der Waals surface area contributed by atoms with Crippen LogP contribution in [0.3, 0.4) is 0 Å². The summed E-state index contributed by atoms with van der Waals surface area (Å²) in [5.41, 5.74) is 4.92. The molecule has 2 heterocycles. The molecule has 1 atom stereocenters. The van der Waals surface area contributed by atoms with Gasteiger partial charge in [0.25, 0.3) is 0 Å². The molecule has 2 aromatic heterocycles. The summed E-state index contributed by atoms with van der Waals surface area (Å²) in [5, 5.41) is 7.85. The third kappa shape index (κ3) is 5.49. The van der Waals surface area contributed by atoms with Crippen LogP contribution in [0.1, 0.15) is 35.6 Å². The normalized spacial score (nSPS) is 11.8. The van der Waals surface area contributed by atoms with Gasteiger partial charge in [-0.2, -0.15) is 5.10 Å². The average molecular weight is 444 g/mol. The van der Waals surface area contributed by atoms with E-state index in [2.05, 4.69) is 39.4 Å². The van der Waals surface area contributed by atoms with E-state index in [1.165, 1.54) is 0 Å². The van der Waals surface area contributed by atoms with Gasteiger partial charge in [0.1, 0.15) is 29.7 Å². The van der Waals surface area contributed by atoms with E-state index in [0.717, 1.165) is 45.4 Å². The SMILES string of the molecule is COc1cc(-c2cc(NC(C)c3cccc(OCc4ccn(C)n4)c3)nc(C)n2)ccc1C. The van der Waals surface area contributed by atoms with Gasteiger partial charge < -0.3 is 14.8 Å². The van der Waals surface area contributed by atoms with Crippen molar-refractivity contribution in [1.82, 2.24) is 19.7 Å². The predicted molar refractivity (Wildman–Crippen MR) is 130 cm³/mol. The fraction of sp³-hybridized carbons (Fsp3) is 0.269. The molecule has 170 valence electrons. The van der Waals surface area contributed by atoms with Crippen LogP contribution in [0.4, 0.5) is 5.82 Å². The Kier molecular flexibility index (Phi) is 6.58. The lowest BCUT2D eigenvalue weighted by Gasteiger charge is -2.17. The molecule has 7 heteroatoms. The first-order chi connectivity index (χ1) is 15.9. The largest absolute Gasteiger partial charge is 0.496 e. The van der Waals surface area contributed by atoms with Crippen LogP contribution in [0, 0.1) is 13.8 Å². The number of anilines is 1. The molecule has 0 saturated heterocycles. The van der Waals surface area contributed by atoms with Gasteiger partial charge in [0.2, 0.25) is 0 Å². The van der Waals surface area contributed by atoms with Crippen molar-refractivity contribution in [3.63, 3.8) is 0 Å². The molecule has 0 bridgehead atoms. The molecule has 0 saturated carbocycles. The fourth-order valence-electron chi connectivity index (χ4n) is 3.65. The van der Waals surface area contributed by atoms with Crippen LogP contribution in [0.2, 0.25) is 0 Å². The summed E-state index contributed by atoms with van der Waals surface area (Å²) in [5.74, 6) is 3.12. The smallest absolute Gasteiger partial charge is 0.132 e. The Morgan fingerprint density at radius 1 is 1.03 bits per heavy atom. The fourth-order valence-corrected chi connectivity index (χ4v) is 3.65. The zero-order chi connectivity index (χ0) is 23.4. The van der Waals surface area contributed by atoms with Gasteiger partial charge in [0, 0.05) is 24.9 Å². The number of nitrogens with one attached hydrogen (secondary N) is 1. The van der Waals surface area contributed by atoms with Gasteiger partial charge in [-0.3, -0.25) is 4.68 Å². The number of benzene rings is 2. The van der Waals surface area contributed by atoms with E-state index in [9.17, 15) is 0 Å². The lowest BCUT2D eigenvalue weighted by molar-refractivity contribution is 0.299. The second kappa shape index (κ2) is 9.73. The van der Waals surface area contributed by atoms with Crippen LogP contribution < -0.4 is 14.8 Å². The topological polar surface area (TPSA) is 74.1 Å². The maximum absolute atomic E-state index is 5.93. The Labute approximate surface area is 194 Å². The van der Waals surface area contributed by atoms with Crippen molar-refractivity contribution in [2.24, 2.45) is 7.05 Å². The van der Waals surface area contributed by atoms with Gasteiger partial charge in [-0.05, 0) is 56.2 Å². The molecule has 0 radical (unpaired) electrons. The number of aromatic nitrogens is 4. The Morgan fingerprint density at radius 2 is 1.88 bits per heavy atom. The van der Waals surface area contributed by atoms with Crippen molar-refractivity contribution < 1.29 is 9.47 Å². The lowest BCUT2D eigenvalue weighted by Crippen LogP contribution is -2.09. The molecule has 0 amide bonds. The number of nitrogens with zero attached hydrogens (tertiary/aromatic N) is 4. The van der Waals surface area contributed by atoms with Gasteiger partial charge in [0.15, 0.2) is 0 Å². The first kappa shape index (κ1) is 22.3. The summed E-state index contributed by atoms with van der Waals surface area (Å²) in [4.78, 5) is 9.21. The molecule has 4 aromatic rings. The van der Waals surface area contributed by atoms with Crippen LogP contribution in [0.15, 0.2) is 60.8 Å². The summed E-state index contributed by atoms with van der Waals surface area (Å²) in [6.45, 7) is 6.46. The van der Waals surface area contributed by atoms with Gasteiger partial charge in [0.05, 0.1) is 24.5 Å². The average Bonchev–Trinajstić information content (AvgIpc) is 3.23. The molecule has 4 rings (SSSR count). The van der Waals surface area contributed by atoms with Crippen LogP contribution in [0.5, 0.6) is 11.5 Å². The zero-order valence-corrected chi connectivity index (χ0v) is 19.7. The molecule has 2 aromatic carbocycles. The lowest BCUT2D eigenvalue weighted by atomic mass is 10.1. The number of rotatable bonds is 8. The summed E-state index contributed by atoms with van der Waals surface area (Å²) in [6.07, 6.45) is 1.91. The third-order valence-corrected chi connectivity index (χ3v) is 5.42. The molecule has 0 fully saturated rings. The predicted octanol–water partition coefficient (Wildman–Crippen LogP) is 5.25. The Hall–Kier alpha value is -3.87. The minimum Gasteiger partial charge on any atom is -0.496 e. The van der Waals surface area contributed by atoms with E-state index in [1.807, 2.05) is 69.6 Å². The monoisotopic (exact) mass is 443 g/mol. The highest BCUT2D eigenvalue weighted by molar-refractivity contribution is 5.65. The second-order valence-corrected chi connectivity index (χ2v) is 8.08. The van der Waals surface area contributed by atoms with Crippen LogP contribution in [0.25, 0.3) is 11.3 Å². The highest BCUT2D eigenvalue weighted by atomic mass is 16.5. The van der Waals surface area contributed by atoms with Gasteiger partial charge in [-0.15, -0.1) is 0 Å². The summed E-state index contributed by atoms with van der Waals surface area (Å²) >= 11 is 0. The van der Waals surface area contributed by atoms with Crippen molar-refractivity contribution in [2.45, 2.75) is 33.4 Å². The standard InChI is InChI=1S/C26H29N5O2/c1-17-9-10-21(14-25(17)32-5)24-15-26(29-19(3)28-24)27-18(2)20-7-6-8-23(13-20)33-16-22-11-12-31(4)30-22/h6-15,18H,16H2,1-5H3,(H,27,28,29). The molecule has 1 N–H and O–H groups in total. The first-order valence-electron chi connectivity index (χ1n) is 10.9. The van der Waals surface area contributed by atoms with Crippen molar-refractivity contribution >= 4 is 5.82 Å². The third-order valence-electron chi connectivity index (χ3n) is 5.42. The number of hydrogen-bond acceptors (Lipinski definition) is 6. The molecule has 33 heavy (non-hydrogen) atoms. The van der Waals surface area contributed by atoms with Crippen molar-refractivity contribution in [1.29, 1.82) is 0 Å². The Balaban J connectivity index is 1.50. The van der Waals surface area contributed by atoms with Crippen LogP contribution >= 0.6 is 0 Å². The van der Waals surface area contributed by atoms with E-state index < -0.39 is 0 Å². The van der Waals surface area contributed by atoms with E-state index >= 15 is 0 Å². The van der Waals surface area contributed by atoms with Crippen LogP contribution in [-0.2, 0) is 13.7 Å². The van der Waals surface area contributed by atoms with E-state index in [0.29, 0.717) is 12.4 Å². The molecule has 7 nitrogen and oxygen atoms in total. The molecule has 0 aliphatic carbocycles. The van der Waals surface area contributed by atoms with Gasteiger partial charge >= 0.3 is 0 Å². The second-order valence-electron chi connectivity index (χ2n) is 8.08. The summed E-state index contributed by atoms with van der Waals surface area (Å²) in [6, 6.07) is 18.1.